The van der Waals surface area contributed by atoms with Gasteiger partial charge in [0, 0.05) is 51.4 Å². The summed E-state index contributed by atoms with van der Waals surface area (Å²) < 4.78 is 10.6. The van der Waals surface area contributed by atoms with Crippen LogP contribution >= 0.6 is 24.0 Å². The fraction of sp³-hybridized carbons (Fsp3) is 0.636. The smallest absolute Gasteiger partial charge is 0.251 e. The highest BCUT2D eigenvalue weighted by molar-refractivity contribution is 14.0. The monoisotopic (exact) mass is 547 g/mol. The lowest BCUT2D eigenvalue weighted by atomic mass is 10.0. The molecule has 8 nitrogen and oxygen atoms in total. The molecular formula is C22H38IN5O3. The highest BCUT2D eigenvalue weighted by Crippen LogP contribution is 2.13. The van der Waals surface area contributed by atoms with E-state index in [1.807, 2.05) is 0 Å². The van der Waals surface area contributed by atoms with E-state index in [-0.39, 0.29) is 29.9 Å². The van der Waals surface area contributed by atoms with Gasteiger partial charge in [0.2, 0.25) is 0 Å². The summed E-state index contributed by atoms with van der Waals surface area (Å²) in [6.07, 6.45) is 1.13. The van der Waals surface area contributed by atoms with Crippen molar-refractivity contribution in [3.63, 3.8) is 0 Å². The lowest BCUT2D eigenvalue weighted by molar-refractivity contribution is 0.0132. The molecule has 1 aliphatic heterocycles. The van der Waals surface area contributed by atoms with E-state index in [0.717, 1.165) is 51.0 Å². The Morgan fingerprint density at radius 3 is 2.35 bits per heavy atom. The van der Waals surface area contributed by atoms with Crippen molar-refractivity contribution in [2.45, 2.75) is 26.3 Å². The summed E-state index contributed by atoms with van der Waals surface area (Å²) in [5.74, 6) is 2.00. The first-order valence-corrected chi connectivity index (χ1v) is 10.7. The molecule has 0 radical (unpaired) electrons. The molecule has 0 spiro atoms. The SMILES string of the molecule is CN=C(NCCNC(=O)c1ccc(OC)cc1)NCC(CC(C)C)N1CCOCC1.I. The fourth-order valence-electron chi connectivity index (χ4n) is 3.48. The summed E-state index contributed by atoms with van der Waals surface area (Å²) in [7, 11) is 3.37. The van der Waals surface area contributed by atoms with E-state index in [9.17, 15) is 4.79 Å². The minimum Gasteiger partial charge on any atom is -0.497 e. The Labute approximate surface area is 203 Å². The Balaban J connectivity index is 0.00000480. The van der Waals surface area contributed by atoms with Crippen molar-refractivity contribution in [2.75, 3.05) is 60.1 Å². The third-order valence-corrected chi connectivity index (χ3v) is 5.09. The van der Waals surface area contributed by atoms with Crippen LogP contribution in [0.3, 0.4) is 0 Å². The number of rotatable bonds is 10. The molecule has 0 bridgehead atoms. The van der Waals surface area contributed by atoms with Crippen LogP contribution in [-0.2, 0) is 4.74 Å². The zero-order valence-corrected chi connectivity index (χ0v) is 21.5. The minimum atomic E-state index is -0.105. The number of aliphatic imine (C=N–C) groups is 1. The maximum absolute atomic E-state index is 12.2. The van der Waals surface area contributed by atoms with Gasteiger partial charge in [0.1, 0.15) is 5.75 Å². The second kappa shape index (κ2) is 15.3. The van der Waals surface area contributed by atoms with Gasteiger partial charge in [-0.25, -0.2) is 0 Å². The number of amides is 1. The Morgan fingerprint density at radius 1 is 1.13 bits per heavy atom. The van der Waals surface area contributed by atoms with Gasteiger partial charge in [-0.05, 0) is 36.6 Å². The van der Waals surface area contributed by atoms with E-state index in [0.29, 0.717) is 30.6 Å². The van der Waals surface area contributed by atoms with E-state index < -0.39 is 0 Å². The molecule has 9 heteroatoms. The predicted molar refractivity (Wildman–Crippen MR) is 136 cm³/mol. The van der Waals surface area contributed by atoms with Crippen LogP contribution in [0.25, 0.3) is 0 Å². The summed E-state index contributed by atoms with van der Waals surface area (Å²) in [5, 5.41) is 9.61. The highest BCUT2D eigenvalue weighted by atomic mass is 127. The molecule has 1 heterocycles. The average molecular weight is 547 g/mol. The first kappa shape index (κ1) is 27.4. The normalized spacial score (nSPS) is 15.7. The third kappa shape index (κ3) is 10.0. The largest absolute Gasteiger partial charge is 0.497 e. The van der Waals surface area contributed by atoms with E-state index in [2.05, 4.69) is 39.7 Å². The molecule has 0 saturated carbocycles. The van der Waals surface area contributed by atoms with Gasteiger partial charge in [-0.15, -0.1) is 24.0 Å². The maximum atomic E-state index is 12.2. The lowest BCUT2D eigenvalue weighted by Crippen LogP contribution is -2.51. The van der Waals surface area contributed by atoms with Crippen molar-refractivity contribution in [2.24, 2.45) is 10.9 Å². The van der Waals surface area contributed by atoms with E-state index in [4.69, 9.17) is 9.47 Å². The fourth-order valence-corrected chi connectivity index (χ4v) is 3.48. The van der Waals surface area contributed by atoms with Gasteiger partial charge in [0.15, 0.2) is 5.96 Å². The zero-order valence-electron chi connectivity index (χ0n) is 19.1. The number of benzene rings is 1. The van der Waals surface area contributed by atoms with Crippen LogP contribution in [0.2, 0.25) is 0 Å². The number of carbonyl (C=O) groups is 1. The Bertz CT molecular complexity index is 664. The van der Waals surface area contributed by atoms with Crippen molar-refractivity contribution in [1.29, 1.82) is 0 Å². The molecule has 1 saturated heterocycles. The maximum Gasteiger partial charge on any atom is 0.251 e. The van der Waals surface area contributed by atoms with Gasteiger partial charge in [0.25, 0.3) is 5.91 Å². The van der Waals surface area contributed by atoms with Crippen molar-refractivity contribution >= 4 is 35.8 Å². The van der Waals surface area contributed by atoms with Crippen LogP contribution in [-0.4, -0.2) is 82.9 Å². The Hall–Kier alpha value is -1.59. The number of halogens is 1. The van der Waals surface area contributed by atoms with Crippen LogP contribution in [0, 0.1) is 5.92 Å². The van der Waals surface area contributed by atoms with Gasteiger partial charge in [0.05, 0.1) is 20.3 Å². The highest BCUT2D eigenvalue weighted by Gasteiger charge is 2.22. The average Bonchev–Trinajstić information content (AvgIpc) is 2.78. The van der Waals surface area contributed by atoms with Crippen molar-refractivity contribution < 1.29 is 14.3 Å². The molecule has 0 aliphatic carbocycles. The van der Waals surface area contributed by atoms with E-state index in [1.165, 1.54) is 0 Å². The molecule has 1 atom stereocenters. The standard InChI is InChI=1S/C22H37N5O3.HI/c1-17(2)15-19(27-11-13-30-14-12-27)16-26-22(23-3)25-10-9-24-21(28)18-5-7-20(29-4)8-6-18;/h5-8,17,19H,9-16H2,1-4H3,(H,24,28)(H2,23,25,26);1H. The van der Waals surface area contributed by atoms with Crippen LogP contribution < -0.4 is 20.7 Å². The molecular weight excluding hydrogens is 509 g/mol. The number of morpholine rings is 1. The zero-order chi connectivity index (χ0) is 21.8. The minimum absolute atomic E-state index is 0. The van der Waals surface area contributed by atoms with Gasteiger partial charge < -0.3 is 25.4 Å². The summed E-state index contributed by atoms with van der Waals surface area (Å²) in [4.78, 5) is 19.0. The summed E-state index contributed by atoms with van der Waals surface area (Å²) in [5.41, 5.74) is 0.611. The molecule has 1 aromatic rings. The number of methoxy groups -OCH3 is 1. The van der Waals surface area contributed by atoms with Gasteiger partial charge in [-0.1, -0.05) is 13.8 Å². The number of hydrogen-bond acceptors (Lipinski definition) is 5. The van der Waals surface area contributed by atoms with E-state index in [1.54, 1.807) is 38.4 Å². The summed E-state index contributed by atoms with van der Waals surface area (Å²) >= 11 is 0. The van der Waals surface area contributed by atoms with Crippen LogP contribution in [0.1, 0.15) is 30.6 Å². The van der Waals surface area contributed by atoms with Gasteiger partial charge in [-0.3, -0.25) is 14.7 Å². The van der Waals surface area contributed by atoms with Crippen LogP contribution in [0.5, 0.6) is 5.75 Å². The third-order valence-electron chi connectivity index (χ3n) is 5.09. The molecule has 1 aromatic carbocycles. The quantitative estimate of drug-likeness (QED) is 0.180. The number of nitrogens with one attached hydrogen (secondary N) is 3. The number of carbonyl (C=O) groups excluding carboxylic acids is 1. The molecule has 3 N–H and O–H groups in total. The molecule has 1 aliphatic rings. The molecule has 176 valence electrons. The first-order chi connectivity index (χ1) is 14.5. The molecule has 2 rings (SSSR count). The predicted octanol–water partition coefficient (Wildman–Crippen LogP) is 1.95. The molecule has 0 aromatic heterocycles. The molecule has 1 amide bonds. The molecule has 31 heavy (non-hydrogen) atoms. The van der Waals surface area contributed by atoms with Crippen molar-refractivity contribution in [3.05, 3.63) is 29.8 Å². The lowest BCUT2D eigenvalue weighted by Gasteiger charge is -2.35. The summed E-state index contributed by atoms with van der Waals surface area (Å²) in [6.45, 7) is 9.99. The second-order valence-electron chi connectivity index (χ2n) is 7.80. The summed E-state index contributed by atoms with van der Waals surface area (Å²) in [6, 6.07) is 7.51. The second-order valence-corrected chi connectivity index (χ2v) is 7.80. The Morgan fingerprint density at radius 2 is 1.77 bits per heavy atom. The van der Waals surface area contributed by atoms with Crippen molar-refractivity contribution in [3.8, 4) is 5.75 Å². The van der Waals surface area contributed by atoms with Gasteiger partial charge >= 0.3 is 0 Å². The van der Waals surface area contributed by atoms with E-state index >= 15 is 0 Å². The topological polar surface area (TPSA) is 87.2 Å². The van der Waals surface area contributed by atoms with Gasteiger partial charge in [-0.2, -0.15) is 0 Å². The number of guanidine groups is 1. The molecule has 1 unspecified atom stereocenters. The van der Waals surface area contributed by atoms with Crippen molar-refractivity contribution in [1.82, 2.24) is 20.9 Å². The van der Waals surface area contributed by atoms with Crippen LogP contribution in [0.4, 0.5) is 0 Å². The first-order valence-electron chi connectivity index (χ1n) is 10.7. The van der Waals surface area contributed by atoms with Crippen LogP contribution in [0.15, 0.2) is 29.3 Å². The number of nitrogens with zero attached hydrogens (tertiary/aromatic N) is 2. The number of ether oxygens (including phenoxy) is 2. The Kier molecular flexibility index (Phi) is 13.5. The molecule has 1 fully saturated rings. The number of hydrogen-bond donors (Lipinski definition) is 3.